The molecule has 1 aromatic rings. The summed E-state index contributed by atoms with van der Waals surface area (Å²) in [5, 5.41) is 15.9. The zero-order chi connectivity index (χ0) is 8.43. The van der Waals surface area contributed by atoms with Gasteiger partial charge in [0.15, 0.2) is 11.6 Å². The quantitative estimate of drug-likeness (QED) is 0.414. The first-order chi connectivity index (χ1) is 5.13. The topological polar surface area (TPSA) is 70.1 Å². The minimum atomic E-state index is -0.766. The fourth-order valence-electron chi connectivity index (χ4n) is 0.733. The minimum absolute atomic E-state index is 0.0185. The molecular formula is C7H7FN2O. The third kappa shape index (κ3) is 1.29. The highest BCUT2D eigenvalue weighted by molar-refractivity contribution is 5.97. The van der Waals surface area contributed by atoms with Crippen LogP contribution in [0, 0.1) is 11.2 Å². The molecule has 0 heterocycles. The summed E-state index contributed by atoms with van der Waals surface area (Å²) >= 11 is 0. The van der Waals surface area contributed by atoms with E-state index in [9.17, 15) is 4.39 Å². The molecule has 3 nitrogen and oxygen atoms in total. The zero-order valence-corrected chi connectivity index (χ0v) is 5.63. The number of halogens is 1. The smallest absolute Gasteiger partial charge is 0.165 e. The molecule has 0 radical (unpaired) electrons. The van der Waals surface area contributed by atoms with Crippen LogP contribution in [0.3, 0.4) is 0 Å². The Morgan fingerprint density at radius 1 is 1.55 bits per heavy atom. The highest BCUT2D eigenvalue weighted by atomic mass is 19.1. The SMILES string of the molecule is N=C(N)c1cccc(F)c1O. The second-order valence-electron chi connectivity index (χ2n) is 2.05. The van der Waals surface area contributed by atoms with E-state index in [-0.39, 0.29) is 11.4 Å². The van der Waals surface area contributed by atoms with Crippen LogP contribution in [0.2, 0.25) is 0 Å². The Labute approximate surface area is 62.8 Å². The third-order valence-corrected chi connectivity index (χ3v) is 1.28. The predicted octanol–water partition coefficient (Wildman–Crippen LogP) is 0.815. The van der Waals surface area contributed by atoms with Gasteiger partial charge in [0.05, 0.1) is 5.56 Å². The van der Waals surface area contributed by atoms with Crippen molar-refractivity contribution in [1.29, 1.82) is 5.41 Å². The van der Waals surface area contributed by atoms with Crippen LogP contribution in [0.4, 0.5) is 4.39 Å². The number of hydrogen-bond acceptors (Lipinski definition) is 2. The molecule has 0 saturated heterocycles. The lowest BCUT2D eigenvalue weighted by molar-refractivity contribution is 0.431. The number of benzene rings is 1. The summed E-state index contributed by atoms with van der Waals surface area (Å²) in [4.78, 5) is 0. The van der Waals surface area contributed by atoms with Crippen molar-refractivity contribution in [1.82, 2.24) is 0 Å². The van der Waals surface area contributed by atoms with Crippen molar-refractivity contribution in [2.24, 2.45) is 5.73 Å². The van der Waals surface area contributed by atoms with Crippen LogP contribution in [0.15, 0.2) is 18.2 Å². The lowest BCUT2D eigenvalue weighted by atomic mass is 10.2. The number of phenols is 1. The fraction of sp³-hybridized carbons (Fsp3) is 0. The van der Waals surface area contributed by atoms with Gasteiger partial charge in [0.25, 0.3) is 0 Å². The first-order valence-corrected chi connectivity index (χ1v) is 2.95. The Bertz CT molecular complexity index is 298. The van der Waals surface area contributed by atoms with Crippen molar-refractivity contribution in [2.75, 3.05) is 0 Å². The van der Waals surface area contributed by atoms with E-state index in [1.54, 1.807) is 0 Å². The number of phenolic OH excluding ortho intramolecular Hbond substituents is 1. The van der Waals surface area contributed by atoms with Crippen molar-refractivity contribution in [3.63, 3.8) is 0 Å². The number of nitrogens with two attached hydrogens (primary N) is 1. The molecule has 0 spiro atoms. The van der Waals surface area contributed by atoms with E-state index in [0.717, 1.165) is 6.07 Å². The lowest BCUT2D eigenvalue weighted by Gasteiger charge is -2.01. The molecule has 0 saturated carbocycles. The maximum absolute atomic E-state index is 12.5. The van der Waals surface area contributed by atoms with Gasteiger partial charge in [0.2, 0.25) is 0 Å². The van der Waals surface area contributed by atoms with Crippen molar-refractivity contribution in [3.05, 3.63) is 29.6 Å². The van der Waals surface area contributed by atoms with Crippen molar-refractivity contribution in [3.8, 4) is 5.75 Å². The Morgan fingerprint density at radius 3 is 2.64 bits per heavy atom. The molecule has 0 amide bonds. The van der Waals surface area contributed by atoms with Crippen LogP contribution < -0.4 is 5.73 Å². The van der Waals surface area contributed by atoms with E-state index < -0.39 is 11.6 Å². The maximum Gasteiger partial charge on any atom is 0.165 e. The van der Waals surface area contributed by atoms with E-state index >= 15 is 0 Å². The van der Waals surface area contributed by atoms with E-state index in [0.29, 0.717) is 0 Å². The molecule has 11 heavy (non-hydrogen) atoms. The van der Waals surface area contributed by atoms with Gasteiger partial charge >= 0.3 is 0 Å². The second-order valence-corrected chi connectivity index (χ2v) is 2.05. The molecule has 58 valence electrons. The molecule has 0 aliphatic rings. The molecule has 0 bridgehead atoms. The number of rotatable bonds is 1. The number of aromatic hydroxyl groups is 1. The lowest BCUT2D eigenvalue weighted by Crippen LogP contribution is -2.11. The molecule has 0 aliphatic heterocycles. The van der Waals surface area contributed by atoms with Crippen molar-refractivity contribution >= 4 is 5.84 Å². The number of nitrogen functional groups attached to an aromatic ring is 1. The van der Waals surface area contributed by atoms with Gasteiger partial charge in [0, 0.05) is 0 Å². The highest BCUT2D eigenvalue weighted by Gasteiger charge is 2.07. The summed E-state index contributed by atoms with van der Waals surface area (Å²) < 4.78 is 12.5. The Morgan fingerprint density at radius 2 is 2.18 bits per heavy atom. The number of amidine groups is 1. The summed E-state index contributed by atoms with van der Waals surface area (Å²) in [5.41, 5.74) is 5.06. The van der Waals surface area contributed by atoms with Crippen molar-refractivity contribution in [2.45, 2.75) is 0 Å². The van der Waals surface area contributed by atoms with E-state index in [2.05, 4.69) is 0 Å². The van der Waals surface area contributed by atoms with Gasteiger partial charge in [-0.25, -0.2) is 4.39 Å². The van der Waals surface area contributed by atoms with Crippen LogP contribution in [-0.4, -0.2) is 10.9 Å². The summed E-state index contributed by atoms with van der Waals surface area (Å²) in [6.07, 6.45) is 0. The second kappa shape index (κ2) is 2.57. The number of nitrogens with one attached hydrogen (secondary N) is 1. The number of hydrogen-bond donors (Lipinski definition) is 3. The summed E-state index contributed by atoms with van der Waals surface area (Å²) in [7, 11) is 0. The summed E-state index contributed by atoms with van der Waals surface area (Å²) in [6.45, 7) is 0. The van der Waals surface area contributed by atoms with Gasteiger partial charge < -0.3 is 10.8 Å². The summed E-state index contributed by atoms with van der Waals surface area (Å²) in [6, 6.07) is 3.86. The van der Waals surface area contributed by atoms with Crippen LogP contribution in [0.5, 0.6) is 5.75 Å². The van der Waals surface area contributed by atoms with Crippen LogP contribution >= 0.6 is 0 Å². The average molecular weight is 154 g/mol. The normalized spacial score (nSPS) is 9.55. The third-order valence-electron chi connectivity index (χ3n) is 1.28. The van der Waals surface area contributed by atoms with E-state index in [4.69, 9.17) is 16.2 Å². The van der Waals surface area contributed by atoms with Gasteiger partial charge in [-0.1, -0.05) is 6.07 Å². The van der Waals surface area contributed by atoms with E-state index in [1.165, 1.54) is 12.1 Å². The molecule has 4 N–H and O–H groups in total. The van der Waals surface area contributed by atoms with Gasteiger partial charge in [-0.15, -0.1) is 0 Å². The molecule has 0 aliphatic carbocycles. The average Bonchev–Trinajstić information content (AvgIpc) is 1.94. The van der Waals surface area contributed by atoms with Crippen LogP contribution in [-0.2, 0) is 0 Å². The predicted molar refractivity (Wildman–Crippen MR) is 39.1 cm³/mol. The largest absolute Gasteiger partial charge is 0.504 e. The fourth-order valence-corrected chi connectivity index (χ4v) is 0.733. The monoisotopic (exact) mass is 154 g/mol. The molecule has 0 aromatic heterocycles. The number of para-hydroxylation sites is 1. The van der Waals surface area contributed by atoms with Gasteiger partial charge in [-0.3, -0.25) is 5.41 Å². The standard InChI is InChI=1S/C7H7FN2O/c8-5-3-1-2-4(6(5)11)7(9)10/h1-3,11H,(H3,9,10). The molecule has 1 aromatic carbocycles. The Kier molecular flexibility index (Phi) is 1.76. The van der Waals surface area contributed by atoms with Crippen LogP contribution in [0.1, 0.15) is 5.56 Å². The molecule has 1 rings (SSSR count). The summed E-state index contributed by atoms with van der Waals surface area (Å²) in [5.74, 6) is -1.68. The molecule has 0 fully saturated rings. The molecule has 4 heteroatoms. The zero-order valence-electron chi connectivity index (χ0n) is 5.63. The van der Waals surface area contributed by atoms with Crippen LogP contribution in [0.25, 0.3) is 0 Å². The first kappa shape index (κ1) is 7.53. The van der Waals surface area contributed by atoms with Gasteiger partial charge in [-0.05, 0) is 12.1 Å². The first-order valence-electron chi connectivity index (χ1n) is 2.95. The Balaban J connectivity index is 3.27. The molecular weight excluding hydrogens is 147 g/mol. The maximum atomic E-state index is 12.5. The van der Waals surface area contributed by atoms with Crippen molar-refractivity contribution < 1.29 is 9.50 Å². The molecule has 0 unspecified atom stereocenters. The minimum Gasteiger partial charge on any atom is -0.504 e. The van der Waals surface area contributed by atoms with E-state index in [1.807, 2.05) is 0 Å². The molecule has 0 atom stereocenters. The highest BCUT2D eigenvalue weighted by Crippen LogP contribution is 2.19. The van der Waals surface area contributed by atoms with Gasteiger partial charge in [0.1, 0.15) is 5.84 Å². The Hall–Kier alpha value is -1.58. The van der Waals surface area contributed by atoms with Gasteiger partial charge in [-0.2, -0.15) is 0 Å².